The van der Waals surface area contributed by atoms with Gasteiger partial charge in [-0.2, -0.15) is 0 Å². The normalized spacial score (nSPS) is 9.82. The maximum absolute atomic E-state index is 13.5. The van der Waals surface area contributed by atoms with Crippen LogP contribution in [0.25, 0.3) is 0 Å². The van der Waals surface area contributed by atoms with Crippen LogP contribution in [0.2, 0.25) is 0 Å². The molecule has 17 heavy (non-hydrogen) atoms. The van der Waals surface area contributed by atoms with Gasteiger partial charge in [-0.25, -0.2) is 4.39 Å². The summed E-state index contributed by atoms with van der Waals surface area (Å²) in [6, 6.07) is 4.47. The molecule has 92 valence electrons. The molecule has 0 aromatic heterocycles. The Labute approximate surface area is 107 Å². The van der Waals surface area contributed by atoms with Crippen LogP contribution in [0.1, 0.15) is 16.8 Å². The SMILES string of the molecule is CNC(=O)CCNC(=O)c1cccc(Br)c1F. The quantitative estimate of drug-likeness (QED) is 0.884. The summed E-state index contributed by atoms with van der Waals surface area (Å²) < 4.78 is 13.7. The summed E-state index contributed by atoms with van der Waals surface area (Å²) in [7, 11) is 1.51. The van der Waals surface area contributed by atoms with Crippen molar-refractivity contribution in [2.75, 3.05) is 13.6 Å². The lowest BCUT2D eigenvalue weighted by molar-refractivity contribution is -0.120. The molecule has 2 amide bonds. The van der Waals surface area contributed by atoms with Crippen molar-refractivity contribution in [1.29, 1.82) is 0 Å². The fraction of sp³-hybridized carbons (Fsp3) is 0.273. The number of halogens is 2. The average Bonchev–Trinajstić information content (AvgIpc) is 2.32. The molecular formula is C11H12BrFN2O2. The third-order valence-electron chi connectivity index (χ3n) is 2.11. The van der Waals surface area contributed by atoms with Crippen LogP contribution in [0.15, 0.2) is 22.7 Å². The predicted octanol–water partition coefficient (Wildman–Crippen LogP) is 1.45. The van der Waals surface area contributed by atoms with E-state index in [2.05, 4.69) is 26.6 Å². The Kier molecular flexibility index (Phi) is 5.09. The number of carbonyl (C=O) groups excluding carboxylic acids is 2. The van der Waals surface area contributed by atoms with Gasteiger partial charge in [-0.1, -0.05) is 6.07 Å². The first kappa shape index (κ1) is 13.6. The van der Waals surface area contributed by atoms with Gasteiger partial charge in [-0.05, 0) is 28.1 Å². The Morgan fingerprint density at radius 1 is 1.41 bits per heavy atom. The number of benzene rings is 1. The maximum atomic E-state index is 13.5. The zero-order chi connectivity index (χ0) is 12.8. The second-order valence-corrected chi connectivity index (χ2v) is 4.13. The van der Waals surface area contributed by atoms with Crippen molar-refractivity contribution in [3.05, 3.63) is 34.1 Å². The highest BCUT2D eigenvalue weighted by Crippen LogP contribution is 2.18. The first-order valence-electron chi connectivity index (χ1n) is 4.99. The minimum atomic E-state index is -0.607. The van der Waals surface area contributed by atoms with E-state index in [9.17, 15) is 14.0 Å². The van der Waals surface area contributed by atoms with Crippen molar-refractivity contribution in [1.82, 2.24) is 10.6 Å². The predicted molar refractivity (Wildman–Crippen MR) is 65.1 cm³/mol. The summed E-state index contributed by atoms with van der Waals surface area (Å²) in [5.41, 5.74) is -0.0451. The number of hydrogen-bond acceptors (Lipinski definition) is 2. The first-order valence-corrected chi connectivity index (χ1v) is 5.78. The van der Waals surface area contributed by atoms with Crippen molar-refractivity contribution in [3.8, 4) is 0 Å². The molecule has 0 aliphatic heterocycles. The van der Waals surface area contributed by atoms with E-state index in [0.29, 0.717) is 0 Å². The number of carbonyl (C=O) groups is 2. The van der Waals surface area contributed by atoms with Crippen LogP contribution in [-0.4, -0.2) is 25.4 Å². The number of rotatable bonds is 4. The molecule has 1 rings (SSSR count). The molecule has 0 aliphatic carbocycles. The standard InChI is InChI=1S/C11H12BrFN2O2/c1-14-9(16)5-6-15-11(17)7-3-2-4-8(12)10(7)13/h2-4H,5-6H2,1H3,(H,14,16)(H,15,17). The number of nitrogens with one attached hydrogen (secondary N) is 2. The summed E-state index contributed by atoms with van der Waals surface area (Å²) in [5, 5.41) is 4.90. The molecule has 0 fully saturated rings. The van der Waals surface area contributed by atoms with Gasteiger partial charge < -0.3 is 10.6 Å². The topological polar surface area (TPSA) is 58.2 Å². The van der Waals surface area contributed by atoms with E-state index in [1.54, 1.807) is 6.07 Å². The lowest BCUT2D eigenvalue weighted by atomic mass is 10.2. The average molecular weight is 303 g/mol. The van der Waals surface area contributed by atoms with E-state index in [-0.39, 0.29) is 28.9 Å². The lowest BCUT2D eigenvalue weighted by Crippen LogP contribution is -2.29. The largest absolute Gasteiger partial charge is 0.359 e. The smallest absolute Gasteiger partial charge is 0.254 e. The Morgan fingerprint density at radius 3 is 2.76 bits per heavy atom. The Morgan fingerprint density at radius 2 is 2.12 bits per heavy atom. The van der Waals surface area contributed by atoms with Crippen LogP contribution >= 0.6 is 15.9 Å². The minimum absolute atomic E-state index is 0.0451. The van der Waals surface area contributed by atoms with Crippen molar-refractivity contribution in [2.45, 2.75) is 6.42 Å². The summed E-state index contributed by atoms with van der Waals surface area (Å²) in [4.78, 5) is 22.5. The van der Waals surface area contributed by atoms with Crippen molar-refractivity contribution >= 4 is 27.7 Å². The Bertz CT molecular complexity index is 437. The molecule has 6 heteroatoms. The Hall–Kier alpha value is -1.43. The van der Waals surface area contributed by atoms with Crippen molar-refractivity contribution in [2.24, 2.45) is 0 Å². The summed E-state index contributed by atoms with van der Waals surface area (Å²) in [5.74, 6) is -1.32. The molecule has 0 radical (unpaired) electrons. The third kappa shape index (κ3) is 3.81. The van der Waals surface area contributed by atoms with Crippen LogP contribution in [0.3, 0.4) is 0 Å². The van der Waals surface area contributed by atoms with Gasteiger partial charge in [-0.3, -0.25) is 9.59 Å². The monoisotopic (exact) mass is 302 g/mol. The van der Waals surface area contributed by atoms with Crippen molar-refractivity contribution < 1.29 is 14.0 Å². The molecule has 0 saturated carbocycles. The Balaban J connectivity index is 2.59. The molecule has 2 N–H and O–H groups in total. The third-order valence-corrected chi connectivity index (χ3v) is 2.73. The fourth-order valence-electron chi connectivity index (χ4n) is 1.19. The summed E-state index contributed by atoms with van der Waals surface area (Å²) in [6.07, 6.45) is 0.165. The molecule has 0 heterocycles. The van der Waals surface area contributed by atoms with E-state index in [0.717, 1.165) is 0 Å². The minimum Gasteiger partial charge on any atom is -0.359 e. The first-order chi connectivity index (χ1) is 8.06. The zero-order valence-electron chi connectivity index (χ0n) is 9.22. The van der Waals surface area contributed by atoms with Gasteiger partial charge in [0.15, 0.2) is 0 Å². The highest BCUT2D eigenvalue weighted by atomic mass is 79.9. The van der Waals surface area contributed by atoms with E-state index in [4.69, 9.17) is 0 Å². The van der Waals surface area contributed by atoms with Gasteiger partial charge in [0, 0.05) is 20.0 Å². The maximum Gasteiger partial charge on any atom is 0.254 e. The van der Waals surface area contributed by atoms with Crippen LogP contribution in [0.5, 0.6) is 0 Å². The molecule has 0 saturated heterocycles. The molecule has 1 aromatic carbocycles. The van der Waals surface area contributed by atoms with Crippen LogP contribution in [0, 0.1) is 5.82 Å². The number of hydrogen-bond donors (Lipinski definition) is 2. The fourth-order valence-corrected chi connectivity index (χ4v) is 1.56. The summed E-state index contributed by atoms with van der Waals surface area (Å²) >= 11 is 3.00. The molecule has 0 atom stereocenters. The van der Waals surface area contributed by atoms with Gasteiger partial charge in [-0.15, -0.1) is 0 Å². The van der Waals surface area contributed by atoms with E-state index in [1.807, 2.05) is 0 Å². The van der Waals surface area contributed by atoms with Crippen LogP contribution in [0.4, 0.5) is 4.39 Å². The van der Waals surface area contributed by atoms with E-state index in [1.165, 1.54) is 19.2 Å². The van der Waals surface area contributed by atoms with Gasteiger partial charge in [0.1, 0.15) is 5.82 Å². The molecule has 0 spiro atoms. The van der Waals surface area contributed by atoms with E-state index >= 15 is 0 Å². The van der Waals surface area contributed by atoms with Crippen molar-refractivity contribution in [3.63, 3.8) is 0 Å². The summed E-state index contributed by atoms with van der Waals surface area (Å²) in [6.45, 7) is 0.171. The van der Waals surface area contributed by atoms with Gasteiger partial charge in [0.25, 0.3) is 5.91 Å². The zero-order valence-corrected chi connectivity index (χ0v) is 10.8. The second-order valence-electron chi connectivity index (χ2n) is 3.28. The van der Waals surface area contributed by atoms with Crippen LogP contribution < -0.4 is 10.6 Å². The highest BCUT2D eigenvalue weighted by molar-refractivity contribution is 9.10. The van der Waals surface area contributed by atoms with Gasteiger partial charge in [0.05, 0.1) is 10.0 Å². The highest BCUT2D eigenvalue weighted by Gasteiger charge is 2.13. The molecule has 0 unspecified atom stereocenters. The van der Waals surface area contributed by atoms with Gasteiger partial charge in [0.2, 0.25) is 5.91 Å². The molecule has 1 aromatic rings. The van der Waals surface area contributed by atoms with E-state index < -0.39 is 11.7 Å². The molecule has 4 nitrogen and oxygen atoms in total. The number of amides is 2. The molecule has 0 aliphatic rings. The van der Waals surface area contributed by atoms with Crippen LogP contribution in [-0.2, 0) is 4.79 Å². The molecular weight excluding hydrogens is 291 g/mol. The second kappa shape index (κ2) is 6.34. The lowest BCUT2D eigenvalue weighted by Gasteiger charge is -2.06. The van der Waals surface area contributed by atoms with Gasteiger partial charge >= 0.3 is 0 Å². The molecule has 0 bridgehead atoms.